The molecule has 0 radical (unpaired) electrons. The van der Waals surface area contributed by atoms with Gasteiger partial charge < -0.3 is 14.4 Å². The van der Waals surface area contributed by atoms with Crippen LogP contribution in [0.4, 0.5) is 10.1 Å². The molecule has 1 aliphatic heterocycles. The number of aromatic nitrogens is 3. The monoisotopic (exact) mass is 495 g/mol. The SMILES string of the molecule is COc1ccc(-c2nnc(SCC(=O)N(CCC#N)c3ccc(F)cc3)n2CC2CCCO2)cc1. The lowest BCUT2D eigenvalue weighted by atomic mass is 10.2. The Hall–Kier alpha value is -3.42. The molecule has 0 spiro atoms. The Bertz CT molecular complexity index is 1170. The first kappa shape index (κ1) is 24.7. The molecule has 3 aromatic rings. The van der Waals surface area contributed by atoms with Gasteiger partial charge in [0, 0.05) is 24.4 Å². The Morgan fingerprint density at radius 2 is 2.03 bits per heavy atom. The van der Waals surface area contributed by atoms with Crippen LogP contribution in [0.1, 0.15) is 19.3 Å². The fraction of sp³-hybridized carbons (Fsp3) is 0.360. The number of hydrogen-bond donors (Lipinski definition) is 0. The summed E-state index contributed by atoms with van der Waals surface area (Å²) < 4.78 is 26.5. The quantitative estimate of drug-likeness (QED) is 0.387. The molecule has 1 unspecified atom stereocenters. The molecule has 8 nitrogen and oxygen atoms in total. The van der Waals surface area contributed by atoms with Gasteiger partial charge in [0.2, 0.25) is 5.91 Å². The van der Waals surface area contributed by atoms with Crippen molar-refractivity contribution < 1.29 is 18.7 Å². The summed E-state index contributed by atoms with van der Waals surface area (Å²) in [7, 11) is 1.62. The van der Waals surface area contributed by atoms with Crippen LogP contribution in [0.3, 0.4) is 0 Å². The van der Waals surface area contributed by atoms with Gasteiger partial charge in [-0.25, -0.2) is 4.39 Å². The topological polar surface area (TPSA) is 93.3 Å². The van der Waals surface area contributed by atoms with Crippen molar-refractivity contribution in [3.63, 3.8) is 0 Å². The van der Waals surface area contributed by atoms with Gasteiger partial charge in [-0.2, -0.15) is 5.26 Å². The summed E-state index contributed by atoms with van der Waals surface area (Å²) in [5.41, 5.74) is 1.43. The largest absolute Gasteiger partial charge is 0.497 e. The average Bonchev–Trinajstić information content (AvgIpc) is 3.54. The minimum Gasteiger partial charge on any atom is -0.497 e. The zero-order valence-corrected chi connectivity index (χ0v) is 20.2. The fourth-order valence-corrected chi connectivity index (χ4v) is 4.71. The van der Waals surface area contributed by atoms with Gasteiger partial charge in [-0.1, -0.05) is 11.8 Å². The van der Waals surface area contributed by atoms with Crippen LogP contribution in [-0.4, -0.2) is 52.8 Å². The number of carbonyl (C=O) groups is 1. The van der Waals surface area contributed by atoms with Gasteiger partial charge in [-0.05, 0) is 61.4 Å². The molecular formula is C25H26FN5O3S. The van der Waals surface area contributed by atoms with E-state index < -0.39 is 0 Å². The highest BCUT2D eigenvalue weighted by molar-refractivity contribution is 7.99. The van der Waals surface area contributed by atoms with Crippen molar-refractivity contribution in [1.82, 2.24) is 14.8 Å². The van der Waals surface area contributed by atoms with Crippen molar-refractivity contribution in [1.29, 1.82) is 5.26 Å². The minimum atomic E-state index is -0.385. The number of benzene rings is 2. The van der Waals surface area contributed by atoms with E-state index in [2.05, 4.69) is 16.3 Å². The first-order valence-corrected chi connectivity index (χ1v) is 12.3. The van der Waals surface area contributed by atoms with E-state index in [1.54, 1.807) is 7.11 Å². The van der Waals surface area contributed by atoms with Gasteiger partial charge in [0.05, 0.1) is 38.0 Å². The Morgan fingerprint density at radius 1 is 1.26 bits per heavy atom. The highest BCUT2D eigenvalue weighted by Gasteiger charge is 2.23. The first-order valence-electron chi connectivity index (χ1n) is 11.3. The van der Waals surface area contributed by atoms with Crippen LogP contribution in [-0.2, 0) is 16.1 Å². The molecule has 4 rings (SSSR count). The van der Waals surface area contributed by atoms with Crippen molar-refractivity contribution in [3.05, 3.63) is 54.3 Å². The lowest BCUT2D eigenvalue weighted by Crippen LogP contribution is -2.33. The fourth-order valence-electron chi connectivity index (χ4n) is 3.89. The van der Waals surface area contributed by atoms with Gasteiger partial charge in [0.1, 0.15) is 11.6 Å². The Labute approximate surface area is 207 Å². The summed E-state index contributed by atoms with van der Waals surface area (Å²) in [6.07, 6.45) is 2.20. The van der Waals surface area contributed by atoms with E-state index >= 15 is 0 Å². The maximum absolute atomic E-state index is 13.4. The van der Waals surface area contributed by atoms with Crippen LogP contribution in [0.5, 0.6) is 5.75 Å². The molecule has 1 atom stereocenters. The minimum absolute atomic E-state index is 0.0596. The number of nitrogens with zero attached hydrogens (tertiary/aromatic N) is 5. The third-order valence-corrected chi connectivity index (χ3v) is 6.64. The maximum Gasteiger partial charge on any atom is 0.237 e. The van der Waals surface area contributed by atoms with Crippen LogP contribution in [0.2, 0.25) is 0 Å². The molecule has 2 heterocycles. The predicted molar refractivity (Wildman–Crippen MR) is 131 cm³/mol. The molecule has 0 aliphatic carbocycles. The van der Waals surface area contributed by atoms with Gasteiger partial charge in [-0.3, -0.25) is 9.36 Å². The summed E-state index contributed by atoms with van der Waals surface area (Å²) >= 11 is 1.28. The van der Waals surface area contributed by atoms with Crippen LogP contribution < -0.4 is 9.64 Å². The molecule has 182 valence electrons. The van der Waals surface area contributed by atoms with Gasteiger partial charge in [0.15, 0.2) is 11.0 Å². The lowest BCUT2D eigenvalue weighted by molar-refractivity contribution is -0.116. The number of ether oxygens (including phenoxy) is 2. The summed E-state index contributed by atoms with van der Waals surface area (Å²) in [5, 5.41) is 18.4. The number of rotatable bonds is 10. The number of hydrogen-bond acceptors (Lipinski definition) is 7. The van der Waals surface area contributed by atoms with E-state index in [1.807, 2.05) is 28.8 Å². The van der Waals surface area contributed by atoms with Crippen molar-refractivity contribution in [2.24, 2.45) is 0 Å². The van der Waals surface area contributed by atoms with Gasteiger partial charge in [0.25, 0.3) is 0 Å². The van der Waals surface area contributed by atoms with Crippen molar-refractivity contribution in [2.45, 2.75) is 37.1 Å². The van der Waals surface area contributed by atoms with E-state index in [0.717, 1.165) is 30.8 Å². The summed E-state index contributed by atoms with van der Waals surface area (Å²) in [4.78, 5) is 14.6. The number of methoxy groups -OCH3 is 1. The standard InChI is InChI=1S/C25H26FN5O3S/c1-33-21-11-5-18(6-12-21)24-28-29-25(31(24)16-22-4-2-15-34-22)35-17-23(32)30(14-3-13-27)20-9-7-19(26)8-10-20/h5-12,22H,2-4,14-17H2,1H3. The molecule has 1 fully saturated rings. The number of nitriles is 1. The molecule has 1 amide bonds. The zero-order valence-electron chi connectivity index (χ0n) is 19.4. The number of amides is 1. The predicted octanol–water partition coefficient (Wildman–Crippen LogP) is 4.31. The molecule has 1 aliphatic rings. The van der Waals surface area contributed by atoms with Gasteiger partial charge in [-0.15, -0.1) is 10.2 Å². The van der Waals surface area contributed by atoms with Crippen LogP contribution in [0.25, 0.3) is 11.4 Å². The average molecular weight is 496 g/mol. The number of carbonyl (C=O) groups excluding carboxylic acids is 1. The van der Waals surface area contributed by atoms with Crippen LogP contribution >= 0.6 is 11.8 Å². The van der Waals surface area contributed by atoms with Gasteiger partial charge >= 0.3 is 0 Å². The van der Waals surface area contributed by atoms with Crippen molar-refractivity contribution in [3.8, 4) is 23.2 Å². The van der Waals surface area contributed by atoms with E-state index in [9.17, 15) is 9.18 Å². The molecule has 2 aromatic carbocycles. The number of halogens is 1. The molecule has 1 saturated heterocycles. The summed E-state index contributed by atoms with van der Waals surface area (Å²) in [5.74, 6) is 0.948. The second kappa shape index (κ2) is 11.8. The third-order valence-electron chi connectivity index (χ3n) is 5.69. The van der Waals surface area contributed by atoms with E-state index in [0.29, 0.717) is 23.2 Å². The Morgan fingerprint density at radius 3 is 2.69 bits per heavy atom. The van der Waals surface area contributed by atoms with Crippen LogP contribution in [0.15, 0.2) is 53.7 Å². The zero-order chi connectivity index (χ0) is 24.6. The van der Waals surface area contributed by atoms with Crippen LogP contribution in [0, 0.1) is 17.1 Å². The molecule has 0 N–H and O–H groups in total. The van der Waals surface area contributed by atoms with E-state index in [1.165, 1.54) is 40.9 Å². The molecular weight excluding hydrogens is 469 g/mol. The third kappa shape index (κ3) is 6.18. The molecule has 1 aromatic heterocycles. The first-order chi connectivity index (χ1) is 17.1. The molecule has 35 heavy (non-hydrogen) atoms. The molecule has 10 heteroatoms. The van der Waals surface area contributed by atoms with E-state index in [4.69, 9.17) is 14.7 Å². The Balaban J connectivity index is 1.54. The summed E-state index contributed by atoms with van der Waals surface area (Å²) in [6, 6.07) is 15.3. The number of anilines is 1. The maximum atomic E-state index is 13.4. The normalized spacial score (nSPS) is 15.1. The summed E-state index contributed by atoms with van der Waals surface area (Å²) in [6.45, 7) is 1.54. The highest BCUT2D eigenvalue weighted by Crippen LogP contribution is 2.28. The molecule has 0 bridgehead atoms. The van der Waals surface area contributed by atoms with E-state index in [-0.39, 0.29) is 36.5 Å². The second-order valence-corrected chi connectivity index (χ2v) is 8.94. The highest BCUT2D eigenvalue weighted by atomic mass is 32.2. The second-order valence-electron chi connectivity index (χ2n) is 8.00. The van der Waals surface area contributed by atoms with Crippen molar-refractivity contribution >= 4 is 23.4 Å². The van der Waals surface area contributed by atoms with Crippen molar-refractivity contribution in [2.75, 3.05) is 30.9 Å². The lowest BCUT2D eigenvalue weighted by Gasteiger charge is -2.22. The smallest absolute Gasteiger partial charge is 0.237 e. The molecule has 0 saturated carbocycles. The number of thioether (sulfide) groups is 1. The Kier molecular flexibility index (Phi) is 8.34.